The molecule has 0 spiro atoms. The molecule has 1 atom stereocenters. The molecule has 2 rings (SSSR count). The summed E-state index contributed by atoms with van der Waals surface area (Å²) in [5.41, 5.74) is 1.39. The van der Waals surface area contributed by atoms with Gasteiger partial charge in [-0.2, -0.15) is 0 Å². The fraction of sp³-hybridized carbons (Fsp3) is 0.350. The van der Waals surface area contributed by atoms with Gasteiger partial charge in [0.15, 0.2) is 11.5 Å². The first kappa shape index (κ1) is 19.9. The average molecular weight is 378 g/mol. The van der Waals surface area contributed by atoms with Gasteiger partial charge in [-0.1, -0.05) is 17.7 Å². The third kappa shape index (κ3) is 4.82. The summed E-state index contributed by atoms with van der Waals surface area (Å²) in [6, 6.07) is 10.4. The summed E-state index contributed by atoms with van der Waals surface area (Å²) in [5.74, 6) is 1.68. The standard InChI is InChI=1S/C20H24ClNO4/c1-5-25-18-10-7-14(12-19(18)26-6-2)13(3)22-20(23)15-8-9-17(24-4)16(21)11-15/h7-13H,5-6H2,1-4H3,(H,22,23). The maximum Gasteiger partial charge on any atom is 0.251 e. The lowest BCUT2D eigenvalue weighted by molar-refractivity contribution is 0.0939. The van der Waals surface area contributed by atoms with Crippen molar-refractivity contribution < 1.29 is 19.0 Å². The van der Waals surface area contributed by atoms with Gasteiger partial charge in [-0.25, -0.2) is 0 Å². The lowest BCUT2D eigenvalue weighted by Gasteiger charge is -2.18. The van der Waals surface area contributed by atoms with Gasteiger partial charge in [0, 0.05) is 5.56 Å². The predicted molar refractivity (Wildman–Crippen MR) is 103 cm³/mol. The molecular weight excluding hydrogens is 354 g/mol. The molecule has 0 aliphatic carbocycles. The second kappa shape index (κ2) is 9.34. The second-order valence-corrected chi connectivity index (χ2v) is 6.02. The maximum atomic E-state index is 12.5. The van der Waals surface area contributed by atoms with Crippen molar-refractivity contribution in [2.45, 2.75) is 26.8 Å². The normalized spacial score (nSPS) is 11.6. The molecule has 0 heterocycles. The summed E-state index contributed by atoms with van der Waals surface area (Å²) in [6.45, 7) is 6.85. The SMILES string of the molecule is CCOc1ccc(C(C)NC(=O)c2ccc(OC)c(Cl)c2)cc1OCC. The summed E-state index contributed by atoms with van der Waals surface area (Å²) >= 11 is 6.09. The van der Waals surface area contributed by atoms with E-state index in [1.54, 1.807) is 18.2 Å². The molecule has 0 saturated heterocycles. The molecule has 2 aromatic rings. The Hall–Kier alpha value is -2.40. The number of methoxy groups -OCH3 is 1. The molecule has 0 bridgehead atoms. The van der Waals surface area contributed by atoms with Gasteiger partial charge in [-0.05, 0) is 56.7 Å². The van der Waals surface area contributed by atoms with Crippen molar-refractivity contribution in [2.24, 2.45) is 0 Å². The van der Waals surface area contributed by atoms with Crippen LogP contribution in [-0.4, -0.2) is 26.2 Å². The number of halogens is 1. The van der Waals surface area contributed by atoms with Crippen molar-refractivity contribution in [3.8, 4) is 17.2 Å². The molecule has 0 fully saturated rings. The van der Waals surface area contributed by atoms with Crippen LogP contribution in [0.15, 0.2) is 36.4 Å². The van der Waals surface area contributed by atoms with E-state index in [0.29, 0.717) is 41.0 Å². The molecule has 140 valence electrons. The van der Waals surface area contributed by atoms with Crippen LogP contribution in [0.5, 0.6) is 17.2 Å². The Balaban J connectivity index is 2.15. The van der Waals surface area contributed by atoms with Crippen molar-refractivity contribution in [1.29, 1.82) is 0 Å². The molecule has 0 radical (unpaired) electrons. The van der Waals surface area contributed by atoms with Crippen LogP contribution in [0.3, 0.4) is 0 Å². The van der Waals surface area contributed by atoms with E-state index < -0.39 is 0 Å². The molecule has 1 N–H and O–H groups in total. The van der Waals surface area contributed by atoms with Crippen LogP contribution in [0.1, 0.15) is 42.7 Å². The fourth-order valence-electron chi connectivity index (χ4n) is 2.51. The molecule has 0 saturated carbocycles. The van der Waals surface area contributed by atoms with E-state index in [9.17, 15) is 4.79 Å². The summed E-state index contributed by atoms with van der Waals surface area (Å²) in [6.07, 6.45) is 0. The van der Waals surface area contributed by atoms with Gasteiger partial charge in [-0.15, -0.1) is 0 Å². The van der Waals surface area contributed by atoms with Crippen molar-refractivity contribution >= 4 is 17.5 Å². The maximum absolute atomic E-state index is 12.5. The van der Waals surface area contributed by atoms with Gasteiger partial charge in [0.05, 0.1) is 31.4 Å². The first-order valence-electron chi connectivity index (χ1n) is 8.54. The van der Waals surface area contributed by atoms with E-state index in [1.807, 2.05) is 39.0 Å². The van der Waals surface area contributed by atoms with Crippen LogP contribution in [-0.2, 0) is 0 Å². The first-order valence-corrected chi connectivity index (χ1v) is 8.91. The zero-order valence-corrected chi connectivity index (χ0v) is 16.2. The molecular formula is C20H24ClNO4. The van der Waals surface area contributed by atoms with Gasteiger partial charge in [0.25, 0.3) is 5.91 Å². The third-order valence-corrected chi connectivity index (χ3v) is 4.12. The topological polar surface area (TPSA) is 56.8 Å². The third-order valence-electron chi connectivity index (χ3n) is 3.83. The van der Waals surface area contributed by atoms with Crippen LogP contribution in [0.2, 0.25) is 5.02 Å². The Kier molecular flexibility index (Phi) is 7.16. The van der Waals surface area contributed by atoms with E-state index in [1.165, 1.54) is 7.11 Å². The van der Waals surface area contributed by atoms with Crippen LogP contribution >= 0.6 is 11.6 Å². The van der Waals surface area contributed by atoms with E-state index in [0.717, 1.165) is 5.56 Å². The van der Waals surface area contributed by atoms with Gasteiger partial charge in [-0.3, -0.25) is 4.79 Å². The van der Waals surface area contributed by atoms with Crippen molar-refractivity contribution in [2.75, 3.05) is 20.3 Å². The highest BCUT2D eigenvalue weighted by Crippen LogP contribution is 2.31. The number of hydrogen-bond acceptors (Lipinski definition) is 4. The zero-order valence-electron chi connectivity index (χ0n) is 15.5. The van der Waals surface area contributed by atoms with Crippen LogP contribution in [0.4, 0.5) is 0 Å². The number of rotatable bonds is 8. The van der Waals surface area contributed by atoms with E-state index in [2.05, 4.69) is 5.32 Å². The number of hydrogen-bond donors (Lipinski definition) is 1. The largest absolute Gasteiger partial charge is 0.495 e. The number of benzene rings is 2. The number of amides is 1. The van der Waals surface area contributed by atoms with E-state index >= 15 is 0 Å². The summed E-state index contributed by atoms with van der Waals surface area (Å²) < 4.78 is 16.3. The quantitative estimate of drug-likeness (QED) is 0.728. The zero-order chi connectivity index (χ0) is 19.1. The number of nitrogens with one attached hydrogen (secondary N) is 1. The van der Waals surface area contributed by atoms with Gasteiger partial charge < -0.3 is 19.5 Å². The number of ether oxygens (including phenoxy) is 3. The Bertz CT molecular complexity index is 763. The van der Waals surface area contributed by atoms with Gasteiger partial charge >= 0.3 is 0 Å². The minimum absolute atomic E-state index is 0.210. The van der Waals surface area contributed by atoms with Crippen molar-refractivity contribution in [3.63, 3.8) is 0 Å². The molecule has 26 heavy (non-hydrogen) atoms. The Labute approximate surface area is 159 Å². The summed E-state index contributed by atoms with van der Waals surface area (Å²) in [4.78, 5) is 12.5. The fourth-order valence-corrected chi connectivity index (χ4v) is 2.77. The lowest BCUT2D eigenvalue weighted by Crippen LogP contribution is -2.26. The van der Waals surface area contributed by atoms with Gasteiger partial charge in [0.2, 0.25) is 0 Å². The highest BCUT2D eigenvalue weighted by Gasteiger charge is 2.15. The first-order chi connectivity index (χ1) is 12.5. The molecule has 2 aromatic carbocycles. The minimum Gasteiger partial charge on any atom is -0.495 e. The molecule has 1 amide bonds. The average Bonchev–Trinajstić information content (AvgIpc) is 2.63. The Morgan fingerprint density at radius 2 is 1.69 bits per heavy atom. The molecule has 1 unspecified atom stereocenters. The van der Waals surface area contributed by atoms with Crippen LogP contribution in [0.25, 0.3) is 0 Å². The van der Waals surface area contributed by atoms with E-state index in [4.69, 9.17) is 25.8 Å². The van der Waals surface area contributed by atoms with Crippen molar-refractivity contribution in [3.05, 3.63) is 52.5 Å². The van der Waals surface area contributed by atoms with Crippen LogP contribution in [0, 0.1) is 0 Å². The molecule has 6 heteroatoms. The Morgan fingerprint density at radius 1 is 1.04 bits per heavy atom. The van der Waals surface area contributed by atoms with Crippen LogP contribution < -0.4 is 19.5 Å². The molecule has 0 aromatic heterocycles. The highest BCUT2D eigenvalue weighted by atomic mass is 35.5. The minimum atomic E-state index is -0.214. The summed E-state index contributed by atoms with van der Waals surface area (Å²) in [5, 5.41) is 3.36. The summed E-state index contributed by atoms with van der Waals surface area (Å²) in [7, 11) is 1.53. The highest BCUT2D eigenvalue weighted by molar-refractivity contribution is 6.32. The molecule has 0 aliphatic heterocycles. The smallest absolute Gasteiger partial charge is 0.251 e. The molecule has 5 nitrogen and oxygen atoms in total. The lowest BCUT2D eigenvalue weighted by atomic mass is 10.1. The van der Waals surface area contributed by atoms with Crippen molar-refractivity contribution in [1.82, 2.24) is 5.32 Å². The number of carbonyl (C=O) groups is 1. The van der Waals surface area contributed by atoms with Gasteiger partial charge in [0.1, 0.15) is 5.75 Å². The Morgan fingerprint density at radius 3 is 2.31 bits per heavy atom. The number of carbonyl (C=O) groups excluding carboxylic acids is 1. The predicted octanol–water partition coefficient (Wildman–Crippen LogP) is 4.64. The second-order valence-electron chi connectivity index (χ2n) is 5.62. The monoisotopic (exact) mass is 377 g/mol. The van der Waals surface area contributed by atoms with E-state index in [-0.39, 0.29) is 11.9 Å². The molecule has 0 aliphatic rings.